The molecule has 0 bridgehead atoms. The van der Waals surface area contributed by atoms with E-state index in [9.17, 15) is 9.18 Å². The standard InChI is InChI=1S/C18H18FNO2/c19-13-7-5-12(6-8-13)16-3-1-9-20(16)18(21)15-11-14(15)17-4-2-10-22-17/h2,4-8,10,14-16H,1,3,9,11H2/t14-,15-,16-/m1/s1. The summed E-state index contributed by atoms with van der Waals surface area (Å²) < 4.78 is 18.5. The number of hydrogen-bond donors (Lipinski definition) is 0. The molecule has 1 aliphatic carbocycles. The van der Waals surface area contributed by atoms with Crippen molar-refractivity contribution in [3.8, 4) is 0 Å². The summed E-state index contributed by atoms with van der Waals surface area (Å²) in [6.45, 7) is 0.794. The number of carbonyl (C=O) groups is 1. The van der Waals surface area contributed by atoms with Gasteiger partial charge in [0.2, 0.25) is 5.91 Å². The lowest BCUT2D eigenvalue weighted by molar-refractivity contribution is -0.133. The molecule has 2 aromatic rings. The predicted octanol–water partition coefficient (Wildman–Crippen LogP) is 3.89. The Labute approximate surface area is 128 Å². The maximum absolute atomic E-state index is 13.1. The van der Waals surface area contributed by atoms with Gasteiger partial charge in [-0.05, 0) is 49.1 Å². The van der Waals surface area contributed by atoms with Crippen molar-refractivity contribution in [2.75, 3.05) is 6.54 Å². The van der Waals surface area contributed by atoms with Crippen LogP contribution in [0.4, 0.5) is 4.39 Å². The number of nitrogens with zero attached hydrogens (tertiary/aromatic N) is 1. The molecule has 114 valence electrons. The first-order valence-electron chi connectivity index (χ1n) is 7.83. The third kappa shape index (κ3) is 2.32. The molecule has 4 rings (SSSR count). The Bertz CT molecular complexity index is 665. The molecule has 0 N–H and O–H groups in total. The zero-order valence-electron chi connectivity index (χ0n) is 12.2. The summed E-state index contributed by atoms with van der Waals surface area (Å²) in [6, 6.07) is 10.4. The summed E-state index contributed by atoms with van der Waals surface area (Å²) in [5.74, 6) is 1.17. The van der Waals surface area contributed by atoms with Gasteiger partial charge in [0.15, 0.2) is 0 Å². The summed E-state index contributed by atoms with van der Waals surface area (Å²) in [7, 11) is 0. The molecule has 0 unspecified atom stereocenters. The van der Waals surface area contributed by atoms with Crippen LogP contribution in [0.3, 0.4) is 0 Å². The number of furan rings is 1. The van der Waals surface area contributed by atoms with Crippen molar-refractivity contribution in [3.63, 3.8) is 0 Å². The zero-order valence-corrected chi connectivity index (χ0v) is 12.2. The fourth-order valence-corrected chi connectivity index (χ4v) is 3.56. The highest BCUT2D eigenvalue weighted by molar-refractivity contribution is 5.83. The Morgan fingerprint density at radius 2 is 2.05 bits per heavy atom. The third-order valence-electron chi connectivity index (χ3n) is 4.81. The van der Waals surface area contributed by atoms with E-state index >= 15 is 0 Å². The number of carbonyl (C=O) groups excluding carboxylic acids is 1. The first-order chi connectivity index (χ1) is 10.7. The Hall–Kier alpha value is -2.10. The first kappa shape index (κ1) is 13.6. The van der Waals surface area contributed by atoms with Crippen molar-refractivity contribution in [1.82, 2.24) is 4.90 Å². The van der Waals surface area contributed by atoms with Gasteiger partial charge in [-0.3, -0.25) is 4.79 Å². The number of likely N-dealkylation sites (tertiary alicyclic amines) is 1. The van der Waals surface area contributed by atoms with Gasteiger partial charge in [0.25, 0.3) is 0 Å². The van der Waals surface area contributed by atoms with Crippen LogP contribution in [0.2, 0.25) is 0 Å². The van der Waals surface area contributed by atoms with Crippen LogP contribution < -0.4 is 0 Å². The van der Waals surface area contributed by atoms with Gasteiger partial charge in [0, 0.05) is 18.4 Å². The quantitative estimate of drug-likeness (QED) is 0.861. The molecule has 1 aliphatic heterocycles. The highest BCUT2D eigenvalue weighted by atomic mass is 19.1. The fourth-order valence-electron chi connectivity index (χ4n) is 3.56. The van der Waals surface area contributed by atoms with Gasteiger partial charge in [-0.2, -0.15) is 0 Å². The predicted molar refractivity (Wildman–Crippen MR) is 79.6 cm³/mol. The largest absolute Gasteiger partial charge is 0.469 e. The van der Waals surface area contributed by atoms with Crippen LogP contribution in [-0.2, 0) is 4.79 Å². The molecule has 1 amide bonds. The van der Waals surface area contributed by atoms with E-state index in [4.69, 9.17) is 4.42 Å². The molecule has 22 heavy (non-hydrogen) atoms. The molecule has 1 aromatic heterocycles. The highest BCUT2D eigenvalue weighted by Crippen LogP contribution is 2.50. The minimum absolute atomic E-state index is 0.0483. The average Bonchev–Trinajstić information content (AvgIpc) is 2.95. The van der Waals surface area contributed by atoms with Crippen LogP contribution in [0.1, 0.15) is 42.5 Å². The summed E-state index contributed by atoms with van der Waals surface area (Å²) >= 11 is 0. The summed E-state index contributed by atoms with van der Waals surface area (Å²) in [6.07, 6.45) is 4.49. The summed E-state index contributed by atoms with van der Waals surface area (Å²) in [4.78, 5) is 14.7. The zero-order chi connectivity index (χ0) is 15.1. The Morgan fingerprint density at radius 3 is 2.77 bits per heavy atom. The normalized spacial score (nSPS) is 27.1. The van der Waals surface area contributed by atoms with Crippen LogP contribution >= 0.6 is 0 Å². The molecule has 0 radical (unpaired) electrons. The molecule has 2 heterocycles. The van der Waals surface area contributed by atoms with Crippen LogP contribution in [0.5, 0.6) is 0 Å². The molecule has 2 fully saturated rings. The van der Waals surface area contributed by atoms with E-state index in [-0.39, 0.29) is 29.6 Å². The van der Waals surface area contributed by atoms with E-state index < -0.39 is 0 Å². The second-order valence-electron chi connectivity index (χ2n) is 6.21. The van der Waals surface area contributed by atoms with Gasteiger partial charge in [-0.25, -0.2) is 4.39 Å². The molecule has 3 nitrogen and oxygen atoms in total. The molecule has 4 heteroatoms. The molecule has 1 aromatic carbocycles. The number of hydrogen-bond acceptors (Lipinski definition) is 2. The second kappa shape index (κ2) is 5.27. The molecule has 1 saturated heterocycles. The monoisotopic (exact) mass is 299 g/mol. The molecular weight excluding hydrogens is 281 g/mol. The number of benzene rings is 1. The van der Waals surface area contributed by atoms with E-state index in [0.717, 1.165) is 37.1 Å². The van der Waals surface area contributed by atoms with Crippen LogP contribution in [-0.4, -0.2) is 17.4 Å². The lowest BCUT2D eigenvalue weighted by Crippen LogP contribution is -2.32. The van der Waals surface area contributed by atoms with Crippen molar-refractivity contribution >= 4 is 5.91 Å². The Kier molecular flexibility index (Phi) is 3.25. The van der Waals surface area contributed by atoms with Gasteiger partial charge in [-0.1, -0.05) is 12.1 Å². The Morgan fingerprint density at radius 1 is 1.23 bits per heavy atom. The fraction of sp³-hybridized carbons (Fsp3) is 0.389. The summed E-state index contributed by atoms with van der Waals surface area (Å²) in [5, 5.41) is 0. The van der Waals surface area contributed by atoms with Crippen LogP contribution in [0.25, 0.3) is 0 Å². The maximum Gasteiger partial charge on any atom is 0.226 e. The first-order valence-corrected chi connectivity index (χ1v) is 7.83. The Balaban J connectivity index is 1.49. The third-order valence-corrected chi connectivity index (χ3v) is 4.81. The molecular formula is C18H18FNO2. The molecule has 0 spiro atoms. The SMILES string of the molecule is O=C([C@@H]1C[C@H]1c1ccco1)N1CCC[C@@H]1c1ccc(F)cc1. The smallest absolute Gasteiger partial charge is 0.226 e. The van der Waals surface area contributed by atoms with Crippen molar-refractivity contribution in [3.05, 3.63) is 59.8 Å². The van der Waals surface area contributed by atoms with Crippen molar-refractivity contribution in [2.24, 2.45) is 5.92 Å². The summed E-state index contributed by atoms with van der Waals surface area (Å²) in [5.41, 5.74) is 1.03. The maximum atomic E-state index is 13.1. The molecule has 2 aliphatic rings. The highest BCUT2D eigenvalue weighted by Gasteiger charge is 2.49. The van der Waals surface area contributed by atoms with Gasteiger partial charge < -0.3 is 9.32 Å². The topological polar surface area (TPSA) is 33.5 Å². The molecule has 3 atom stereocenters. The average molecular weight is 299 g/mol. The minimum atomic E-state index is -0.236. The van der Waals surface area contributed by atoms with Gasteiger partial charge in [-0.15, -0.1) is 0 Å². The molecule has 1 saturated carbocycles. The lowest BCUT2D eigenvalue weighted by Gasteiger charge is -2.25. The second-order valence-corrected chi connectivity index (χ2v) is 6.21. The van der Waals surface area contributed by atoms with Gasteiger partial charge in [0.1, 0.15) is 11.6 Å². The van der Waals surface area contributed by atoms with E-state index in [1.54, 1.807) is 18.4 Å². The minimum Gasteiger partial charge on any atom is -0.469 e. The van der Waals surface area contributed by atoms with Crippen molar-refractivity contribution in [1.29, 1.82) is 0 Å². The van der Waals surface area contributed by atoms with Crippen molar-refractivity contribution in [2.45, 2.75) is 31.2 Å². The van der Waals surface area contributed by atoms with Gasteiger partial charge in [0.05, 0.1) is 12.3 Å². The van der Waals surface area contributed by atoms with E-state index in [1.165, 1.54) is 12.1 Å². The van der Waals surface area contributed by atoms with Gasteiger partial charge >= 0.3 is 0 Å². The lowest BCUT2D eigenvalue weighted by atomic mass is 10.0. The number of rotatable bonds is 3. The van der Waals surface area contributed by atoms with Crippen LogP contribution in [0, 0.1) is 11.7 Å². The van der Waals surface area contributed by atoms with Crippen molar-refractivity contribution < 1.29 is 13.6 Å². The number of amides is 1. The van der Waals surface area contributed by atoms with Crippen LogP contribution in [0.15, 0.2) is 47.1 Å². The van der Waals surface area contributed by atoms with E-state index in [2.05, 4.69) is 0 Å². The van der Waals surface area contributed by atoms with E-state index in [0.29, 0.717) is 0 Å². The van der Waals surface area contributed by atoms with E-state index in [1.807, 2.05) is 17.0 Å². The number of halogens is 1.